The van der Waals surface area contributed by atoms with Gasteiger partial charge in [-0.05, 0) is 32.8 Å². The molecule has 2 unspecified atom stereocenters. The molecule has 0 amide bonds. The van der Waals surface area contributed by atoms with E-state index in [4.69, 9.17) is 9.47 Å². The predicted octanol–water partition coefficient (Wildman–Crippen LogP) is 2.23. The third-order valence-corrected chi connectivity index (χ3v) is 4.16. The molecule has 0 saturated carbocycles. The third kappa shape index (κ3) is 4.93. The molecule has 0 aromatic carbocycles. The quantitative estimate of drug-likeness (QED) is 0.838. The highest BCUT2D eigenvalue weighted by atomic mass is 16.5. The van der Waals surface area contributed by atoms with E-state index in [9.17, 15) is 0 Å². The molecule has 1 saturated heterocycles. The molecule has 3 heterocycles. The Hall–Kier alpha value is -2.12. The number of hydrogen-bond acceptors (Lipinski definition) is 7. The van der Waals surface area contributed by atoms with Crippen molar-refractivity contribution in [3.63, 3.8) is 0 Å². The molecule has 1 aromatic rings. The maximum absolute atomic E-state index is 5.73. The molecule has 25 heavy (non-hydrogen) atoms. The molecule has 1 fully saturated rings. The van der Waals surface area contributed by atoms with Crippen molar-refractivity contribution in [2.45, 2.75) is 38.9 Å². The number of hydrogen-bond donors (Lipinski definition) is 0. The number of rotatable bonds is 4. The number of aromatic nitrogens is 2. The van der Waals surface area contributed by atoms with E-state index >= 15 is 0 Å². The van der Waals surface area contributed by atoms with Crippen LogP contribution in [0.4, 0.5) is 5.82 Å². The zero-order valence-corrected chi connectivity index (χ0v) is 14.8. The number of nitrogens with zero attached hydrogens (tertiary/aromatic N) is 5. The molecule has 7 nitrogen and oxygen atoms in total. The van der Waals surface area contributed by atoms with E-state index in [0.717, 1.165) is 37.4 Å². The fourth-order valence-corrected chi connectivity index (χ4v) is 2.90. The van der Waals surface area contributed by atoms with Crippen molar-refractivity contribution in [1.82, 2.24) is 9.97 Å². The first-order valence-corrected chi connectivity index (χ1v) is 8.84. The number of allylic oxidation sites excluding steroid dienone is 1. The molecule has 2 aliphatic heterocycles. The molecule has 2 aliphatic rings. The van der Waals surface area contributed by atoms with Crippen molar-refractivity contribution in [3.05, 3.63) is 30.2 Å². The van der Waals surface area contributed by atoms with Crippen LogP contribution in [0.2, 0.25) is 0 Å². The highest BCUT2D eigenvalue weighted by Gasteiger charge is 2.19. The fraction of sp³-hybridized carbons (Fsp3) is 0.556. The van der Waals surface area contributed by atoms with Gasteiger partial charge in [0.15, 0.2) is 0 Å². The van der Waals surface area contributed by atoms with Gasteiger partial charge < -0.3 is 14.4 Å². The van der Waals surface area contributed by atoms with Gasteiger partial charge in [-0.1, -0.05) is 6.08 Å². The minimum atomic E-state index is 0.0705. The van der Waals surface area contributed by atoms with Crippen molar-refractivity contribution in [1.29, 1.82) is 0 Å². The summed E-state index contributed by atoms with van der Waals surface area (Å²) in [6.07, 6.45) is 9.39. The molecule has 3 rings (SSSR count). The highest BCUT2D eigenvalue weighted by molar-refractivity contribution is 6.07. The zero-order valence-electron chi connectivity index (χ0n) is 14.8. The van der Waals surface area contributed by atoms with Crippen LogP contribution in [0.5, 0.6) is 0 Å². The molecular weight excluding hydrogens is 318 g/mol. The third-order valence-electron chi connectivity index (χ3n) is 4.16. The summed E-state index contributed by atoms with van der Waals surface area (Å²) in [5, 5.41) is 8.48. The standard InChI is InChI=1S/C18H25N5O2/c1-3-24-15-5-4-8-21-22-16(7-6-15)17-11-18(20-13-19-17)23-9-10-25-14(2)12-23/h6-8,11,13-15H,3-5,9-10,12H2,1-2H3/b7-6?,21-8-,22-16-. The van der Waals surface area contributed by atoms with Gasteiger partial charge in [0.05, 0.1) is 24.5 Å². The lowest BCUT2D eigenvalue weighted by atomic mass is 10.1. The zero-order chi connectivity index (χ0) is 17.5. The Bertz CT molecular complexity index is 659. The van der Waals surface area contributed by atoms with Crippen LogP contribution in [0.1, 0.15) is 32.4 Å². The first kappa shape index (κ1) is 17.7. The molecule has 7 heteroatoms. The first-order valence-electron chi connectivity index (χ1n) is 8.84. The summed E-state index contributed by atoms with van der Waals surface area (Å²) in [5.74, 6) is 0.890. The van der Waals surface area contributed by atoms with Gasteiger partial charge in [-0.15, -0.1) is 5.10 Å². The Labute approximate surface area is 148 Å². The Morgan fingerprint density at radius 2 is 2.28 bits per heavy atom. The lowest BCUT2D eigenvalue weighted by molar-refractivity contribution is 0.0529. The molecule has 0 bridgehead atoms. The van der Waals surface area contributed by atoms with E-state index in [-0.39, 0.29) is 12.2 Å². The second-order valence-corrected chi connectivity index (χ2v) is 6.10. The Kier molecular flexibility index (Phi) is 6.25. The van der Waals surface area contributed by atoms with E-state index in [1.165, 1.54) is 0 Å². The van der Waals surface area contributed by atoms with Crippen LogP contribution in [-0.4, -0.2) is 60.4 Å². The van der Waals surface area contributed by atoms with Crippen molar-refractivity contribution in [2.24, 2.45) is 10.2 Å². The summed E-state index contributed by atoms with van der Waals surface area (Å²) in [5.41, 5.74) is 1.47. The minimum Gasteiger partial charge on any atom is -0.375 e. The lowest BCUT2D eigenvalue weighted by Gasteiger charge is -2.32. The van der Waals surface area contributed by atoms with Crippen molar-refractivity contribution < 1.29 is 9.47 Å². The Morgan fingerprint density at radius 3 is 3.12 bits per heavy atom. The molecule has 0 N–H and O–H groups in total. The molecule has 0 aliphatic carbocycles. The van der Waals surface area contributed by atoms with Crippen LogP contribution in [0.15, 0.2) is 34.7 Å². The SMILES string of the molecule is CCOC1C=C/C(c2cc(N3CCOC(C)C3)ncn2)=N/N=C\CC1. The summed E-state index contributed by atoms with van der Waals surface area (Å²) < 4.78 is 11.3. The second kappa shape index (κ2) is 8.82. The van der Waals surface area contributed by atoms with Gasteiger partial charge in [-0.25, -0.2) is 9.97 Å². The van der Waals surface area contributed by atoms with Crippen molar-refractivity contribution in [2.75, 3.05) is 31.2 Å². The van der Waals surface area contributed by atoms with Gasteiger partial charge in [-0.3, -0.25) is 0 Å². The fourth-order valence-electron chi connectivity index (χ4n) is 2.90. The minimum absolute atomic E-state index is 0.0705. The summed E-state index contributed by atoms with van der Waals surface area (Å²) in [6.45, 7) is 7.12. The normalized spacial score (nSPS) is 27.8. The van der Waals surface area contributed by atoms with Gasteiger partial charge in [-0.2, -0.15) is 5.10 Å². The van der Waals surface area contributed by atoms with Gasteiger partial charge in [0, 0.05) is 32.0 Å². The lowest BCUT2D eigenvalue weighted by Crippen LogP contribution is -2.41. The topological polar surface area (TPSA) is 72.2 Å². The van der Waals surface area contributed by atoms with Crippen LogP contribution < -0.4 is 4.90 Å². The van der Waals surface area contributed by atoms with E-state index < -0.39 is 0 Å². The van der Waals surface area contributed by atoms with Crippen LogP contribution in [0.25, 0.3) is 0 Å². The van der Waals surface area contributed by atoms with Gasteiger partial charge in [0.1, 0.15) is 17.9 Å². The molecule has 2 atom stereocenters. The largest absolute Gasteiger partial charge is 0.375 e. The molecule has 134 valence electrons. The van der Waals surface area contributed by atoms with Gasteiger partial charge >= 0.3 is 0 Å². The summed E-state index contributed by atoms with van der Waals surface area (Å²) in [7, 11) is 0. The Morgan fingerprint density at radius 1 is 1.36 bits per heavy atom. The Balaban J connectivity index is 1.82. The molecule has 0 radical (unpaired) electrons. The van der Waals surface area contributed by atoms with Crippen molar-refractivity contribution in [3.8, 4) is 0 Å². The summed E-state index contributed by atoms with van der Waals surface area (Å²) in [6, 6.07) is 1.96. The average Bonchev–Trinajstić information content (AvgIpc) is 2.75. The van der Waals surface area contributed by atoms with E-state index in [0.29, 0.717) is 18.9 Å². The maximum atomic E-state index is 5.73. The van der Waals surface area contributed by atoms with Crippen molar-refractivity contribution >= 4 is 17.7 Å². The van der Waals surface area contributed by atoms with Gasteiger partial charge in [0.25, 0.3) is 0 Å². The van der Waals surface area contributed by atoms with E-state index in [1.807, 2.05) is 31.4 Å². The molecule has 0 spiro atoms. The van der Waals surface area contributed by atoms with Crippen LogP contribution in [-0.2, 0) is 9.47 Å². The monoisotopic (exact) mass is 343 g/mol. The average molecular weight is 343 g/mol. The van der Waals surface area contributed by atoms with Crippen LogP contribution in [0, 0.1) is 0 Å². The molecule has 1 aromatic heterocycles. The maximum Gasteiger partial charge on any atom is 0.132 e. The highest BCUT2D eigenvalue weighted by Crippen LogP contribution is 2.16. The van der Waals surface area contributed by atoms with Gasteiger partial charge in [0.2, 0.25) is 0 Å². The van der Waals surface area contributed by atoms with E-state index in [2.05, 4.69) is 32.0 Å². The summed E-state index contributed by atoms with van der Waals surface area (Å²) in [4.78, 5) is 11.0. The molecular formula is C18H25N5O2. The van der Waals surface area contributed by atoms with E-state index in [1.54, 1.807) is 6.33 Å². The smallest absolute Gasteiger partial charge is 0.132 e. The van der Waals surface area contributed by atoms with Crippen LogP contribution in [0.3, 0.4) is 0 Å². The number of anilines is 1. The predicted molar refractivity (Wildman–Crippen MR) is 98.5 cm³/mol. The second-order valence-electron chi connectivity index (χ2n) is 6.10. The van der Waals surface area contributed by atoms with Crippen LogP contribution >= 0.6 is 0 Å². The summed E-state index contributed by atoms with van der Waals surface area (Å²) >= 11 is 0. The first-order chi connectivity index (χ1) is 12.3. The number of morpholine rings is 1. The number of ether oxygens (including phenoxy) is 2.